The molecule has 0 spiro atoms. The van der Waals surface area contributed by atoms with Crippen molar-refractivity contribution in [1.82, 2.24) is 5.32 Å². The van der Waals surface area contributed by atoms with Crippen molar-refractivity contribution >= 4 is 6.08 Å². The average Bonchev–Trinajstić information content (AvgIpc) is 2.97. The third-order valence-electron chi connectivity index (χ3n) is 7.33. The van der Waals surface area contributed by atoms with Gasteiger partial charge in [-0.25, -0.2) is 0 Å². The standard InChI is InChI=1S/C17H20.C13H20.C10H21N/c1-5-8-16(6-2)9-7-10-17-13-14(3)11-12-15(17)4;1-5-11(4)13-9-10(3)7-8-12(13)6-2;1-4-7-10(8-5-2)11-9-6-3/h5-8,10-13H,1-2,9H2,3-4H3;7-9,11H,5-6H2,1-4H3;6,10-11H,3-5,7-9H2,1-2H3/b10-7-,16-8+;;. The molecule has 41 heavy (non-hydrogen) atoms. The second kappa shape index (κ2) is 23.8. The summed E-state index contributed by atoms with van der Waals surface area (Å²) in [6.07, 6.45) is 20.3. The maximum absolute atomic E-state index is 3.79. The zero-order valence-electron chi connectivity index (χ0n) is 27.9. The number of rotatable bonds is 15. The number of hydrogen-bond acceptors (Lipinski definition) is 1. The maximum Gasteiger partial charge on any atom is 0.0134 e. The van der Waals surface area contributed by atoms with Crippen LogP contribution in [0.3, 0.4) is 0 Å². The van der Waals surface area contributed by atoms with Crippen LogP contribution in [0.5, 0.6) is 0 Å². The average molecular weight is 556 g/mol. The molecular formula is C40H61N. The number of aryl methyl sites for hydroxylation is 4. The highest BCUT2D eigenvalue weighted by atomic mass is 14.9. The molecule has 1 atom stereocenters. The van der Waals surface area contributed by atoms with Gasteiger partial charge in [0, 0.05) is 12.6 Å². The Morgan fingerprint density at radius 1 is 0.878 bits per heavy atom. The summed E-state index contributed by atoms with van der Waals surface area (Å²) in [6, 6.07) is 14.0. The highest BCUT2D eigenvalue weighted by Gasteiger charge is 2.07. The Bertz CT molecular complexity index is 1060. The lowest BCUT2D eigenvalue weighted by Crippen LogP contribution is -2.28. The molecule has 1 N–H and O–H groups in total. The number of allylic oxidation sites excluding steroid dienone is 5. The third kappa shape index (κ3) is 16.8. The minimum atomic E-state index is 0.704. The van der Waals surface area contributed by atoms with E-state index in [0.29, 0.717) is 12.0 Å². The summed E-state index contributed by atoms with van der Waals surface area (Å²) in [4.78, 5) is 0. The van der Waals surface area contributed by atoms with Crippen molar-refractivity contribution in [3.8, 4) is 0 Å². The molecule has 2 rings (SSSR count). The van der Waals surface area contributed by atoms with Crippen LogP contribution in [0.1, 0.15) is 112 Å². The molecule has 0 bridgehead atoms. The van der Waals surface area contributed by atoms with Crippen molar-refractivity contribution in [2.75, 3.05) is 6.54 Å². The Labute approximate surface area is 255 Å². The van der Waals surface area contributed by atoms with Gasteiger partial charge in [0.2, 0.25) is 0 Å². The molecule has 0 aliphatic heterocycles. The van der Waals surface area contributed by atoms with E-state index >= 15 is 0 Å². The highest BCUT2D eigenvalue weighted by Crippen LogP contribution is 2.24. The fourth-order valence-electron chi connectivity index (χ4n) is 4.64. The zero-order valence-corrected chi connectivity index (χ0v) is 27.9. The van der Waals surface area contributed by atoms with Crippen molar-refractivity contribution in [3.63, 3.8) is 0 Å². The van der Waals surface area contributed by atoms with Gasteiger partial charge >= 0.3 is 0 Å². The maximum atomic E-state index is 3.79. The van der Waals surface area contributed by atoms with Gasteiger partial charge in [-0.05, 0) is 86.6 Å². The minimum absolute atomic E-state index is 0.704. The molecule has 1 heteroatoms. The molecule has 0 radical (unpaired) electrons. The van der Waals surface area contributed by atoms with Crippen molar-refractivity contribution in [2.45, 2.75) is 112 Å². The van der Waals surface area contributed by atoms with Gasteiger partial charge in [-0.2, -0.15) is 0 Å². The van der Waals surface area contributed by atoms with E-state index in [9.17, 15) is 0 Å². The molecule has 0 saturated carbocycles. The largest absolute Gasteiger partial charge is 0.311 e. The second-order valence-corrected chi connectivity index (χ2v) is 11.0. The van der Waals surface area contributed by atoms with E-state index in [1.807, 2.05) is 18.2 Å². The second-order valence-electron chi connectivity index (χ2n) is 11.0. The Hall–Kier alpha value is -2.90. The van der Waals surface area contributed by atoms with E-state index in [0.717, 1.165) is 19.4 Å². The predicted molar refractivity (Wildman–Crippen MR) is 189 cm³/mol. The normalized spacial score (nSPS) is 11.8. The van der Waals surface area contributed by atoms with Gasteiger partial charge in [0.1, 0.15) is 0 Å². The van der Waals surface area contributed by atoms with E-state index < -0.39 is 0 Å². The van der Waals surface area contributed by atoms with Crippen LogP contribution in [0.15, 0.2) is 92.1 Å². The first kappa shape index (κ1) is 38.1. The molecule has 0 amide bonds. The SMILES string of the molecule is C=C/C=C(\C=C)C/C=C\c1cc(C)ccc1C.C=CCNC(CCC)CCC.CCc1ccc(C)cc1C(C)CC. The fraction of sp³-hybridized carbons (Fsp3) is 0.450. The van der Waals surface area contributed by atoms with Gasteiger partial charge in [0.15, 0.2) is 0 Å². The molecule has 226 valence electrons. The van der Waals surface area contributed by atoms with E-state index in [1.165, 1.54) is 65.5 Å². The first-order valence-electron chi connectivity index (χ1n) is 15.8. The molecule has 0 aliphatic rings. The van der Waals surface area contributed by atoms with Crippen molar-refractivity contribution < 1.29 is 0 Å². The Morgan fingerprint density at radius 3 is 2.05 bits per heavy atom. The number of benzene rings is 2. The van der Waals surface area contributed by atoms with Gasteiger partial charge in [0.25, 0.3) is 0 Å². The molecule has 0 heterocycles. The first-order valence-corrected chi connectivity index (χ1v) is 15.8. The Kier molecular flexibility index (Phi) is 22.1. The van der Waals surface area contributed by atoms with Crippen LogP contribution < -0.4 is 5.32 Å². The Morgan fingerprint density at radius 2 is 1.51 bits per heavy atom. The van der Waals surface area contributed by atoms with E-state index in [1.54, 1.807) is 11.6 Å². The topological polar surface area (TPSA) is 12.0 Å². The fourth-order valence-corrected chi connectivity index (χ4v) is 4.64. The monoisotopic (exact) mass is 555 g/mol. The molecule has 1 unspecified atom stereocenters. The summed E-state index contributed by atoms with van der Waals surface area (Å²) in [5, 5.41) is 3.45. The van der Waals surface area contributed by atoms with E-state index in [-0.39, 0.29) is 0 Å². The van der Waals surface area contributed by atoms with Crippen LogP contribution in [0.2, 0.25) is 0 Å². The van der Waals surface area contributed by atoms with Gasteiger partial charge in [-0.15, -0.1) is 6.58 Å². The van der Waals surface area contributed by atoms with Crippen LogP contribution in [0.25, 0.3) is 6.08 Å². The molecule has 0 saturated heterocycles. The molecule has 0 fully saturated rings. The molecule has 0 aromatic heterocycles. The van der Waals surface area contributed by atoms with Crippen LogP contribution in [0, 0.1) is 20.8 Å². The lowest BCUT2D eigenvalue weighted by molar-refractivity contribution is 0.463. The number of hydrogen-bond donors (Lipinski definition) is 1. The summed E-state index contributed by atoms with van der Waals surface area (Å²) >= 11 is 0. The summed E-state index contributed by atoms with van der Waals surface area (Å²) in [5.74, 6) is 0.704. The van der Waals surface area contributed by atoms with Gasteiger partial charge in [-0.1, -0.05) is 145 Å². The molecule has 0 aliphatic carbocycles. The van der Waals surface area contributed by atoms with Crippen molar-refractivity contribution in [1.29, 1.82) is 0 Å². The van der Waals surface area contributed by atoms with Crippen molar-refractivity contribution in [2.24, 2.45) is 0 Å². The highest BCUT2D eigenvalue weighted by molar-refractivity contribution is 5.55. The zero-order chi connectivity index (χ0) is 31.0. The summed E-state index contributed by atoms with van der Waals surface area (Å²) in [5.41, 5.74) is 9.51. The lowest BCUT2D eigenvalue weighted by Gasteiger charge is -2.15. The van der Waals surface area contributed by atoms with E-state index in [2.05, 4.69) is 129 Å². The van der Waals surface area contributed by atoms with Gasteiger partial charge < -0.3 is 5.32 Å². The van der Waals surface area contributed by atoms with Crippen molar-refractivity contribution in [3.05, 3.63) is 125 Å². The lowest BCUT2D eigenvalue weighted by atomic mass is 9.91. The van der Waals surface area contributed by atoms with Crippen LogP contribution in [-0.4, -0.2) is 12.6 Å². The molecule has 2 aromatic rings. The molecule has 1 nitrogen and oxygen atoms in total. The molecular weight excluding hydrogens is 494 g/mol. The van der Waals surface area contributed by atoms with E-state index in [4.69, 9.17) is 0 Å². The van der Waals surface area contributed by atoms with Crippen LogP contribution >= 0.6 is 0 Å². The first-order chi connectivity index (χ1) is 19.7. The predicted octanol–water partition coefficient (Wildman–Crippen LogP) is 11.8. The quantitative estimate of drug-likeness (QED) is 0.170. The minimum Gasteiger partial charge on any atom is -0.311 e. The summed E-state index contributed by atoms with van der Waals surface area (Å²) in [6.45, 7) is 29.8. The Balaban J connectivity index is 0.000000602. The summed E-state index contributed by atoms with van der Waals surface area (Å²) in [7, 11) is 0. The van der Waals surface area contributed by atoms with Crippen LogP contribution in [-0.2, 0) is 6.42 Å². The van der Waals surface area contributed by atoms with Crippen LogP contribution in [0.4, 0.5) is 0 Å². The van der Waals surface area contributed by atoms with Gasteiger partial charge in [-0.3, -0.25) is 0 Å². The smallest absolute Gasteiger partial charge is 0.0134 e. The summed E-state index contributed by atoms with van der Waals surface area (Å²) < 4.78 is 0. The third-order valence-corrected chi connectivity index (χ3v) is 7.33. The molecule has 2 aromatic carbocycles. The van der Waals surface area contributed by atoms with Gasteiger partial charge in [0.05, 0.1) is 0 Å². The number of nitrogens with one attached hydrogen (secondary N) is 1.